The molecule has 78 valence electrons. The minimum absolute atomic E-state index is 0.128. The van der Waals surface area contributed by atoms with Crippen LogP contribution >= 0.6 is 0 Å². The lowest BCUT2D eigenvalue weighted by atomic mass is 9.76. The molecule has 1 rings (SSSR count). The lowest BCUT2D eigenvalue weighted by Gasteiger charge is -2.35. The van der Waals surface area contributed by atoms with Crippen molar-refractivity contribution < 1.29 is 0 Å². The van der Waals surface area contributed by atoms with Gasteiger partial charge in [0.05, 0.1) is 0 Å². The molecule has 0 heterocycles. The highest BCUT2D eigenvalue weighted by Crippen LogP contribution is 2.32. The van der Waals surface area contributed by atoms with Crippen molar-refractivity contribution in [3.05, 3.63) is 0 Å². The fourth-order valence-electron chi connectivity index (χ4n) is 2.47. The van der Waals surface area contributed by atoms with Crippen LogP contribution in [0.1, 0.15) is 45.4 Å². The van der Waals surface area contributed by atoms with Crippen molar-refractivity contribution in [1.29, 1.82) is 0 Å². The molecule has 1 aliphatic carbocycles. The number of rotatable bonds is 4. The number of nitrogens with two attached hydrogens (primary N) is 1. The predicted molar refractivity (Wildman–Crippen MR) is 57.7 cm³/mol. The maximum absolute atomic E-state index is 6.16. The third-order valence-electron chi connectivity index (χ3n) is 3.15. The second-order valence-corrected chi connectivity index (χ2v) is 4.86. The molecule has 1 fully saturated rings. The Morgan fingerprint density at radius 2 is 2.31 bits per heavy atom. The monoisotopic (exact) mass is 184 g/mol. The Morgan fingerprint density at radius 1 is 1.54 bits per heavy atom. The van der Waals surface area contributed by atoms with Crippen molar-refractivity contribution in [3.8, 4) is 0 Å². The van der Waals surface area contributed by atoms with E-state index in [-0.39, 0.29) is 5.54 Å². The van der Waals surface area contributed by atoms with Crippen LogP contribution in [0.4, 0.5) is 0 Å². The smallest absolute Gasteiger partial charge is 0.0128 e. The average Bonchev–Trinajstić information content (AvgIpc) is 2.03. The van der Waals surface area contributed by atoms with E-state index in [1.54, 1.807) is 0 Å². The Kier molecular flexibility index (Phi) is 4.20. The summed E-state index contributed by atoms with van der Waals surface area (Å²) in [5.74, 6) is 0.886. The number of hydrogen-bond acceptors (Lipinski definition) is 2. The van der Waals surface area contributed by atoms with E-state index in [1.165, 1.54) is 38.5 Å². The highest BCUT2D eigenvalue weighted by molar-refractivity contribution is 4.86. The lowest BCUT2D eigenvalue weighted by molar-refractivity contribution is 0.229. The molecule has 13 heavy (non-hydrogen) atoms. The van der Waals surface area contributed by atoms with E-state index in [2.05, 4.69) is 12.2 Å². The van der Waals surface area contributed by atoms with Crippen LogP contribution in [-0.4, -0.2) is 19.1 Å². The lowest BCUT2D eigenvalue weighted by Crippen LogP contribution is -2.41. The van der Waals surface area contributed by atoms with Crippen LogP contribution in [0.5, 0.6) is 0 Å². The Labute approximate surface area is 82.3 Å². The van der Waals surface area contributed by atoms with Gasteiger partial charge in [-0.15, -0.1) is 0 Å². The molecule has 0 aromatic heterocycles. The molecule has 0 radical (unpaired) electrons. The van der Waals surface area contributed by atoms with Gasteiger partial charge in [-0.25, -0.2) is 0 Å². The van der Waals surface area contributed by atoms with Gasteiger partial charge in [-0.3, -0.25) is 0 Å². The highest BCUT2D eigenvalue weighted by atomic mass is 14.8. The standard InChI is InChI=1S/C11H24N2/c1-11(12)7-3-5-10(9-11)6-4-8-13-2/h10,13H,3-9,12H2,1-2H3. The summed E-state index contributed by atoms with van der Waals surface area (Å²) < 4.78 is 0. The Bertz CT molecular complexity index is 143. The summed E-state index contributed by atoms with van der Waals surface area (Å²) in [5.41, 5.74) is 6.28. The van der Waals surface area contributed by atoms with E-state index < -0.39 is 0 Å². The first-order chi connectivity index (χ1) is 6.14. The SMILES string of the molecule is CNCCCC1CCCC(C)(N)C1. The maximum Gasteiger partial charge on any atom is 0.0128 e. The molecule has 2 unspecified atom stereocenters. The zero-order valence-electron chi connectivity index (χ0n) is 9.10. The molecule has 0 spiro atoms. The summed E-state index contributed by atoms with van der Waals surface area (Å²) in [6, 6.07) is 0. The zero-order valence-corrected chi connectivity index (χ0v) is 9.10. The first-order valence-electron chi connectivity index (χ1n) is 5.57. The van der Waals surface area contributed by atoms with Crippen LogP contribution in [0.2, 0.25) is 0 Å². The molecular weight excluding hydrogens is 160 g/mol. The summed E-state index contributed by atoms with van der Waals surface area (Å²) in [5, 5.41) is 3.20. The Hall–Kier alpha value is -0.0800. The second-order valence-electron chi connectivity index (χ2n) is 4.86. The Morgan fingerprint density at radius 3 is 2.92 bits per heavy atom. The van der Waals surface area contributed by atoms with E-state index in [9.17, 15) is 0 Å². The van der Waals surface area contributed by atoms with Crippen molar-refractivity contribution in [2.45, 2.75) is 51.0 Å². The summed E-state index contributed by atoms with van der Waals surface area (Å²) >= 11 is 0. The van der Waals surface area contributed by atoms with E-state index in [0.717, 1.165) is 12.5 Å². The minimum Gasteiger partial charge on any atom is -0.325 e. The van der Waals surface area contributed by atoms with Crippen molar-refractivity contribution in [2.75, 3.05) is 13.6 Å². The molecule has 2 heteroatoms. The van der Waals surface area contributed by atoms with Crippen LogP contribution in [0, 0.1) is 5.92 Å². The molecule has 0 aliphatic heterocycles. The van der Waals surface area contributed by atoms with Gasteiger partial charge in [-0.1, -0.05) is 12.8 Å². The molecule has 0 saturated heterocycles. The molecule has 2 nitrogen and oxygen atoms in total. The summed E-state index contributed by atoms with van der Waals surface area (Å²) in [4.78, 5) is 0. The highest BCUT2D eigenvalue weighted by Gasteiger charge is 2.27. The van der Waals surface area contributed by atoms with Gasteiger partial charge in [-0.2, -0.15) is 0 Å². The largest absolute Gasteiger partial charge is 0.325 e. The summed E-state index contributed by atoms with van der Waals surface area (Å²) in [7, 11) is 2.02. The third kappa shape index (κ3) is 4.10. The average molecular weight is 184 g/mol. The zero-order chi connectivity index (χ0) is 9.73. The van der Waals surface area contributed by atoms with Crippen LogP contribution in [-0.2, 0) is 0 Å². The molecule has 0 aromatic carbocycles. The summed E-state index contributed by atoms with van der Waals surface area (Å²) in [6.07, 6.45) is 7.84. The van der Waals surface area contributed by atoms with Gasteiger partial charge < -0.3 is 11.1 Å². The topological polar surface area (TPSA) is 38.0 Å². The molecule has 0 aromatic rings. The van der Waals surface area contributed by atoms with Crippen molar-refractivity contribution in [3.63, 3.8) is 0 Å². The Balaban J connectivity index is 2.19. The molecule has 1 aliphatic rings. The van der Waals surface area contributed by atoms with Gasteiger partial charge in [-0.05, 0) is 52.1 Å². The number of nitrogens with one attached hydrogen (secondary N) is 1. The minimum atomic E-state index is 0.128. The first kappa shape index (κ1) is 11.0. The number of hydrogen-bond donors (Lipinski definition) is 2. The fraction of sp³-hybridized carbons (Fsp3) is 1.00. The van der Waals surface area contributed by atoms with Crippen LogP contribution < -0.4 is 11.1 Å². The second kappa shape index (κ2) is 4.97. The molecular formula is C11H24N2. The van der Waals surface area contributed by atoms with Crippen molar-refractivity contribution in [2.24, 2.45) is 11.7 Å². The van der Waals surface area contributed by atoms with Gasteiger partial charge in [0, 0.05) is 5.54 Å². The first-order valence-corrected chi connectivity index (χ1v) is 5.57. The van der Waals surface area contributed by atoms with Gasteiger partial charge >= 0.3 is 0 Å². The van der Waals surface area contributed by atoms with Crippen LogP contribution in [0.15, 0.2) is 0 Å². The molecule has 3 N–H and O–H groups in total. The molecule has 1 saturated carbocycles. The van der Waals surface area contributed by atoms with Crippen LogP contribution in [0.25, 0.3) is 0 Å². The fourth-order valence-corrected chi connectivity index (χ4v) is 2.47. The van der Waals surface area contributed by atoms with Crippen molar-refractivity contribution >= 4 is 0 Å². The van der Waals surface area contributed by atoms with E-state index >= 15 is 0 Å². The van der Waals surface area contributed by atoms with Crippen LogP contribution in [0.3, 0.4) is 0 Å². The van der Waals surface area contributed by atoms with Crippen molar-refractivity contribution in [1.82, 2.24) is 5.32 Å². The van der Waals surface area contributed by atoms with E-state index in [4.69, 9.17) is 5.73 Å². The molecule has 0 bridgehead atoms. The van der Waals surface area contributed by atoms with E-state index in [1.807, 2.05) is 7.05 Å². The van der Waals surface area contributed by atoms with E-state index in [0.29, 0.717) is 0 Å². The quantitative estimate of drug-likeness (QED) is 0.655. The van der Waals surface area contributed by atoms with Gasteiger partial charge in [0.15, 0.2) is 0 Å². The van der Waals surface area contributed by atoms with Gasteiger partial charge in [0.25, 0.3) is 0 Å². The molecule has 2 atom stereocenters. The molecule has 0 amide bonds. The third-order valence-corrected chi connectivity index (χ3v) is 3.15. The van der Waals surface area contributed by atoms with Gasteiger partial charge in [0.2, 0.25) is 0 Å². The summed E-state index contributed by atoms with van der Waals surface area (Å²) in [6.45, 7) is 3.36. The maximum atomic E-state index is 6.16. The normalized spacial score (nSPS) is 34.8. The predicted octanol–water partition coefficient (Wildman–Crippen LogP) is 1.89. The van der Waals surface area contributed by atoms with Gasteiger partial charge in [0.1, 0.15) is 0 Å².